The van der Waals surface area contributed by atoms with Crippen molar-refractivity contribution in [2.24, 2.45) is 0 Å². The zero-order valence-corrected chi connectivity index (χ0v) is 22.4. The third-order valence-electron chi connectivity index (χ3n) is 6.38. The van der Waals surface area contributed by atoms with Gasteiger partial charge in [0.05, 0.1) is 30.8 Å². The third-order valence-corrected chi connectivity index (χ3v) is 6.38. The second-order valence-corrected chi connectivity index (χ2v) is 8.81. The summed E-state index contributed by atoms with van der Waals surface area (Å²) in [4.78, 5) is 43.6. The van der Waals surface area contributed by atoms with Crippen molar-refractivity contribution in [3.63, 3.8) is 0 Å². The normalized spacial score (nSPS) is 10.8. The molecule has 0 bridgehead atoms. The lowest BCUT2D eigenvalue weighted by Gasteiger charge is -2.14. The molecule has 0 atom stereocenters. The first-order valence-corrected chi connectivity index (χ1v) is 12.6. The van der Waals surface area contributed by atoms with Crippen LogP contribution in [-0.4, -0.2) is 34.2 Å². The van der Waals surface area contributed by atoms with Crippen molar-refractivity contribution >= 4 is 22.5 Å². The summed E-state index contributed by atoms with van der Waals surface area (Å²) in [6.45, 7) is 1.92. The minimum atomic E-state index is -0.822. The third kappa shape index (κ3) is 5.24. The molecule has 0 unspecified atom stereocenters. The number of halogens is 1. The molecule has 5 rings (SSSR count). The Hall–Kier alpha value is -5.45. The fourth-order valence-corrected chi connectivity index (χ4v) is 4.35. The Labute approximate surface area is 233 Å². The SMILES string of the molecule is CCn1cc(C(=O)Nc2ccc(Oc3ccnc4ccc(OC)c(OC)c34)cc2)c(=O)n(-c2ccc(F)cc2)c1=O. The molecule has 2 aromatic heterocycles. The van der Waals surface area contributed by atoms with E-state index in [1.807, 2.05) is 0 Å². The lowest BCUT2D eigenvalue weighted by Crippen LogP contribution is -2.42. The molecule has 0 saturated heterocycles. The second-order valence-electron chi connectivity index (χ2n) is 8.81. The van der Waals surface area contributed by atoms with Crippen LogP contribution in [0.5, 0.6) is 23.0 Å². The Morgan fingerprint density at radius 3 is 2.32 bits per heavy atom. The van der Waals surface area contributed by atoms with Crippen molar-refractivity contribution in [2.45, 2.75) is 13.5 Å². The van der Waals surface area contributed by atoms with Crippen LogP contribution in [0.3, 0.4) is 0 Å². The van der Waals surface area contributed by atoms with E-state index in [9.17, 15) is 18.8 Å². The van der Waals surface area contributed by atoms with E-state index in [4.69, 9.17) is 14.2 Å². The number of nitrogens with one attached hydrogen (secondary N) is 1. The van der Waals surface area contributed by atoms with E-state index < -0.39 is 23.0 Å². The number of fused-ring (bicyclic) bond motifs is 1. The number of carbonyl (C=O) groups is 1. The molecule has 0 spiro atoms. The van der Waals surface area contributed by atoms with Crippen molar-refractivity contribution in [3.05, 3.63) is 111 Å². The molecule has 0 radical (unpaired) electrons. The van der Waals surface area contributed by atoms with Gasteiger partial charge in [-0.3, -0.25) is 19.1 Å². The number of carbonyl (C=O) groups excluding carboxylic acids is 1. The van der Waals surface area contributed by atoms with Gasteiger partial charge in [-0.1, -0.05) is 0 Å². The number of rotatable bonds is 8. The quantitative estimate of drug-likeness (QED) is 0.293. The van der Waals surface area contributed by atoms with Crippen molar-refractivity contribution < 1.29 is 23.4 Å². The molecular weight excluding hydrogens is 531 g/mol. The molecule has 2 heterocycles. The summed E-state index contributed by atoms with van der Waals surface area (Å²) < 4.78 is 32.6. The number of nitrogens with zero attached hydrogens (tertiary/aromatic N) is 3. The van der Waals surface area contributed by atoms with Crippen LogP contribution in [0.4, 0.5) is 10.1 Å². The lowest BCUT2D eigenvalue weighted by molar-refractivity contribution is 0.102. The number of pyridine rings is 1. The van der Waals surface area contributed by atoms with Crippen LogP contribution >= 0.6 is 0 Å². The topological polar surface area (TPSA) is 114 Å². The summed E-state index contributed by atoms with van der Waals surface area (Å²) in [6, 6.07) is 16.7. The molecule has 1 N–H and O–H groups in total. The van der Waals surface area contributed by atoms with Crippen LogP contribution in [-0.2, 0) is 6.54 Å². The predicted molar refractivity (Wildman–Crippen MR) is 151 cm³/mol. The maximum atomic E-state index is 13.4. The molecule has 5 aromatic rings. The Bertz CT molecular complexity index is 1860. The Kier molecular flexibility index (Phi) is 7.51. The average Bonchev–Trinajstić information content (AvgIpc) is 2.98. The number of hydrogen-bond donors (Lipinski definition) is 1. The van der Waals surface area contributed by atoms with E-state index in [-0.39, 0.29) is 17.8 Å². The molecule has 0 aliphatic carbocycles. The maximum absolute atomic E-state index is 13.4. The number of hydrogen-bond acceptors (Lipinski definition) is 7. The van der Waals surface area contributed by atoms with E-state index in [1.54, 1.807) is 62.7 Å². The van der Waals surface area contributed by atoms with Gasteiger partial charge in [0.2, 0.25) is 0 Å². The van der Waals surface area contributed by atoms with Gasteiger partial charge in [0, 0.05) is 24.6 Å². The van der Waals surface area contributed by atoms with Gasteiger partial charge < -0.3 is 19.5 Å². The smallest absolute Gasteiger partial charge is 0.335 e. The van der Waals surface area contributed by atoms with Gasteiger partial charge in [0.25, 0.3) is 11.5 Å². The van der Waals surface area contributed by atoms with Gasteiger partial charge >= 0.3 is 5.69 Å². The molecule has 0 saturated carbocycles. The van der Waals surface area contributed by atoms with Crippen LogP contribution in [0.2, 0.25) is 0 Å². The van der Waals surface area contributed by atoms with Gasteiger partial charge in [0.1, 0.15) is 22.9 Å². The summed E-state index contributed by atoms with van der Waals surface area (Å²) in [6.07, 6.45) is 2.83. The van der Waals surface area contributed by atoms with E-state index in [0.717, 1.165) is 16.7 Å². The fraction of sp³-hybridized carbons (Fsp3) is 0.133. The largest absolute Gasteiger partial charge is 0.493 e. The predicted octanol–water partition coefficient (Wildman–Crippen LogP) is 4.77. The lowest BCUT2D eigenvalue weighted by atomic mass is 10.1. The Morgan fingerprint density at radius 2 is 1.66 bits per heavy atom. The zero-order valence-electron chi connectivity index (χ0n) is 22.4. The summed E-state index contributed by atoms with van der Waals surface area (Å²) in [5.74, 6) is 0.749. The Balaban J connectivity index is 1.42. The molecule has 208 valence electrons. The van der Waals surface area contributed by atoms with Crippen molar-refractivity contribution in [2.75, 3.05) is 19.5 Å². The van der Waals surface area contributed by atoms with E-state index in [1.165, 1.54) is 30.0 Å². The number of ether oxygens (including phenoxy) is 3. The van der Waals surface area contributed by atoms with Crippen LogP contribution in [0.15, 0.2) is 88.7 Å². The highest BCUT2D eigenvalue weighted by molar-refractivity contribution is 6.04. The molecule has 11 heteroatoms. The maximum Gasteiger partial charge on any atom is 0.335 e. The molecule has 0 fully saturated rings. The fourth-order valence-electron chi connectivity index (χ4n) is 4.35. The van der Waals surface area contributed by atoms with Crippen molar-refractivity contribution in [3.8, 4) is 28.7 Å². The van der Waals surface area contributed by atoms with Gasteiger partial charge in [0.15, 0.2) is 11.5 Å². The molecule has 10 nitrogen and oxygen atoms in total. The summed E-state index contributed by atoms with van der Waals surface area (Å²) >= 11 is 0. The minimum absolute atomic E-state index is 0.151. The van der Waals surface area contributed by atoms with Gasteiger partial charge in [-0.15, -0.1) is 0 Å². The van der Waals surface area contributed by atoms with E-state index >= 15 is 0 Å². The highest BCUT2D eigenvalue weighted by Gasteiger charge is 2.19. The first-order chi connectivity index (χ1) is 19.8. The molecular formula is C30H25FN4O6. The van der Waals surface area contributed by atoms with Crippen LogP contribution in [0.25, 0.3) is 16.6 Å². The number of methoxy groups -OCH3 is 2. The monoisotopic (exact) mass is 556 g/mol. The molecule has 3 aromatic carbocycles. The van der Waals surface area contributed by atoms with E-state index in [2.05, 4.69) is 10.3 Å². The van der Waals surface area contributed by atoms with Crippen molar-refractivity contribution in [1.29, 1.82) is 0 Å². The zero-order chi connectivity index (χ0) is 29.1. The highest BCUT2D eigenvalue weighted by atomic mass is 19.1. The second kappa shape index (κ2) is 11.3. The summed E-state index contributed by atoms with van der Waals surface area (Å²) in [5.41, 5.74) is -0.511. The minimum Gasteiger partial charge on any atom is -0.493 e. The number of amides is 1. The molecule has 1 amide bonds. The Morgan fingerprint density at radius 1 is 0.927 bits per heavy atom. The van der Waals surface area contributed by atoms with E-state index in [0.29, 0.717) is 39.6 Å². The number of benzene rings is 3. The number of aromatic nitrogens is 3. The first-order valence-electron chi connectivity index (χ1n) is 12.6. The van der Waals surface area contributed by atoms with Crippen molar-refractivity contribution in [1.82, 2.24) is 14.1 Å². The number of anilines is 1. The van der Waals surface area contributed by atoms with Gasteiger partial charge in [-0.2, -0.15) is 0 Å². The highest BCUT2D eigenvalue weighted by Crippen LogP contribution is 2.41. The molecule has 0 aliphatic heterocycles. The average molecular weight is 557 g/mol. The van der Waals surface area contributed by atoms with Crippen LogP contribution < -0.4 is 30.8 Å². The van der Waals surface area contributed by atoms with Gasteiger partial charge in [-0.25, -0.2) is 13.8 Å². The summed E-state index contributed by atoms with van der Waals surface area (Å²) in [5, 5.41) is 3.32. The summed E-state index contributed by atoms with van der Waals surface area (Å²) in [7, 11) is 3.08. The molecule has 41 heavy (non-hydrogen) atoms. The first kappa shape index (κ1) is 27.1. The number of aryl methyl sites for hydroxylation is 1. The molecule has 0 aliphatic rings. The van der Waals surface area contributed by atoms with Crippen LogP contribution in [0, 0.1) is 5.82 Å². The standard InChI is InChI=1S/C30H25FN4O6/c1-4-34-17-22(29(37)35(30(34)38)20-9-5-18(31)6-10-20)28(36)33-19-7-11-21(12-8-19)41-24-15-16-32-23-13-14-25(39-2)27(40-3)26(23)24/h5-17H,4H2,1-3H3,(H,33,36). The van der Waals surface area contributed by atoms with Gasteiger partial charge in [-0.05, 0) is 73.7 Å². The van der Waals surface area contributed by atoms with Crippen LogP contribution in [0.1, 0.15) is 17.3 Å².